The van der Waals surface area contributed by atoms with Crippen molar-refractivity contribution in [1.29, 1.82) is 5.26 Å². The van der Waals surface area contributed by atoms with E-state index in [-0.39, 0.29) is 11.7 Å². The number of Topliss-reactive ketones (excluding diaryl/α,β-unsaturated/α-hetero) is 1. The Bertz CT molecular complexity index is 787. The molecule has 0 aliphatic heterocycles. The van der Waals surface area contributed by atoms with Crippen molar-refractivity contribution in [3.05, 3.63) is 64.2 Å². The maximum absolute atomic E-state index is 12.3. The van der Waals surface area contributed by atoms with Crippen molar-refractivity contribution in [3.8, 4) is 11.8 Å². The van der Waals surface area contributed by atoms with E-state index in [1.807, 2.05) is 37.3 Å². The molecule has 0 fully saturated rings. The number of hydrogen-bond acceptors (Lipinski definition) is 3. The Balaban J connectivity index is 1.92. The topological polar surface area (TPSA) is 50.1 Å². The average Bonchev–Trinajstić information content (AvgIpc) is 2.83. The highest BCUT2D eigenvalue weighted by Gasteiger charge is 2.31. The van der Waals surface area contributed by atoms with Gasteiger partial charge in [-0.3, -0.25) is 4.79 Å². The van der Waals surface area contributed by atoms with Gasteiger partial charge >= 0.3 is 0 Å². The van der Waals surface area contributed by atoms with Crippen molar-refractivity contribution in [1.82, 2.24) is 0 Å². The van der Waals surface area contributed by atoms with Crippen LogP contribution in [0.25, 0.3) is 0 Å². The summed E-state index contributed by atoms with van der Waals surface area (Å²) in [6.07, 6.45) is 0.547. The largest absolute Gasteiger partial charge is 0.488 e. The molecule has 3 nitrogen and oxygen atoms in total. The van der Waals surface area contributed by atoms with Gasteiger partial charge in [0.15, 0.2) is 5.78 Å². The van der Waals surface area contributed by atoms with E-state index in [0.29, 0.717) is 24.3 Å². The number of nitrogens with zero attached hydrogens (tertiary/aromatic N) is 1. The Labute approximate surface area is 130 Å². The molecule has 1 aliphatic rings. The molecule has 0 bridgehead atoms. The van der Waals surface area contributed by atoms with Crippen LogP contribution in [0.2, 0.25) is 0 Å². The number of hydrogen-bond donors (Lipinski definition) is 0. The summed E-state index contributed by atoms with van der Waals surface area (Å²) in [5.41, 5.74) is 4.40. The molecule has 0 saturated heterocycles. The quantitative estimate of drug-likeness (QED) is 0.854. The average molecular weight is 291 g/mol. The van der Waals surface area contributed by atoms with Crippen LogP contribution >= 0.6 is 0 Å². The molecule has 0 N–H and O–H groups in total. The molecule has 0 aromatic heterocycles. The van der Waals surface area contributed by atoms with Crippen LogP contribution in [0.15, 0.2) is 36.4 Å². The van der Waals surface area contributed by atoms with Crippen molar-refractivity contribution in [2.24, 2.45) is 0 Å². The van der Waals surface area contributed by atoms with E-state index in [2.05, 4.69) is 13.0 Å². The minimum Gasteiger partial charge on any atom is -0.488 e. The molecule has 0 amide bonds. The van der Waals surface area contributed by atoms with Crippen molar-refractivity contribution >= 4 is 5.78 Å². The van der Waals surface area contributed by atoms with Crippen LogP contribution < -0.4 is 4.74 Å². The van der Waals surface area contributed by atoms with Gasteiger partial charge in [-0.15, -0.1) is 0 Å². The number of rotatable bonds is 3. The van der Waals surface area contributed by atoms with Crippen LogP contribution in [-0.2, 0) is 6.61 Å². The first-order valence-corrected chi connectivity index (χ1v) is 7.39. The molecule has 0 saturated carbocycles. The van der Waals surface area contributed by atoms with Crippen molar-refractivity contribution < 1.29 is 9.53 Å². The predicted octanol–water partition coefficient (Wildman–Crippen LogP) is 4.14. The number of ketones is 1. The maximum atomic E-state index is 12.3. The molecule has 1 aliphatic carbocycles. The lowest BCUT2D eigenvalue weighted by Gasteiger charge is -2.13. The molecule has 110 valence electrons. The fraction of sp³-hybridized carbons (Fsp3) is 0.263. The van der Waals surface area contributed by atoms with Crippen LogP contribution in [0, 0.1) is 18.3 Å². The summed E-state index contributed by atoms with van der Waals surface area (Å²) in [6, 6.07) is 13.4. The van der Waals surface area contributed by atoms with Gasteiger partial charge in [0.25, 0.3) is 0 Å². The Morgan fingerprint density at radius 3 is 2.82 bits per heavy atom. The number of aryl methyl sites for hydroxylation is 1. The molecule has 0 heterocycles. The first-order valence-electron chi connectivity index (χ1n) is 7.39. The van der Waals surface area contributed by atoms with E-state index >= 15 is 0 Å². The zero-order chi connectivity index (χ0) is 15.7. The second-order valence-corrected chi connectivity index (χ2v) is 5.76. The van der Waals surface area contributed by atoms with Crippen LogP contribution in [0.4, 0.5) is 0 Å². The normalized spacial score (nSPS) is 16.2. The fourth-order valence-electron chi connectivity index (χ4n) is 3.14. The smallest absolute Gasteiger partial charge is 0.167 e. The maximum Gasteiger partial charge on any atom is 0.167 e. The number of fused-ring (bicyclic) bond motifs is 1. The third-order valence-electron chi connectivity index (χ3n) is 4.21. The molecule has 0 spiro atoms. The molecule has 22 heavy (non-hydrogen) atoms. The fourth-order valence-corrected chi connectivity index (χ4v) is 3.14. The van der Waals surface area contributed by atoms with Gasteiger partial charge in [-0.2, -0.15) is 5.26 Å². The lowest BCUT2D eigenvalue weighted by atomic mass is 9.97. The molecule has 3 rings (SSSR count). The number of carbonyl (C=O) groups is 1. The number of benzene rings is 2. The highest BCUT2D eigenvalue weighted by Crippen LogP contribution is 2.40. The summed E-state index contributed by atoms with van der Waals surface area (Å²) in [5, 5.41) is 9.12. The van der Waals surface area contributed by atoms with E-state index in [1.54, 1.807) is 6.07 Å². The molecule has 3 heteroatoms. The number of nitriles is 1. The highest BCUT2D eigenvalue weighted by atomic mass is 16.5. The van der Waals surface area contributed by atoms with Crippen LogP contribution in [0.1, 0.15) is 51.9 Å². The van der Waals surface area contributed by atoms with E-state index in [4.69, 9.17) is 10.00 Å². The van der Waals surface area contributed by atoms with Gasteiger partial charge in [-0.05, 0) is 36.1 Å². The van der Waals surface area contributed by atoms with Gasteiger partial charge in [0, 0.05) is 12.0 Å². The Morgan fingerprint density at radius 2 is 2.05 bits per heavy atom. The van der Waals surface area contributed by atoms with Gasteiger partial charge in [-0.25, -0.2) is 0 Å². The van der Waals surface area contributed by atoms with Crippen LogP contribution in [-0.4, -0.2) is 5.78 Å². The molecule has 2 aromatic rings. The molecular weight excluding hydrogens is 274 g/mol. The van der Waals surface area contributed by atoms with E-state index in [1.165, 1.54) is 0 Å². The third-order valence-corrected chi connectivity index (χ3v) is 4.21. The number of ether oxygens (including phenoxy) is 1. The summed E-state index contributed by atoms with van der Waals surface area (Å²) in [6.45, 7) is 4.40. The second-order valence-electron chi connectivity index (χ2n) is 5.76. The standard InChI is InChI=1S/C19H17NO2/c1-12-7-8-17(19-16(21)9-13(2)18(12)19)22-11-15-6-4-3-5-14(15)10-20/h3-8,13H,9,11H2,1-2H3. The monoisotopic (exact) mass is 291 g/mol. The van der Waals surface area contributed by atoms with E-state index in [9.17, 15) is 4.79 Å². The van der Waals surface area contributed by atoms with Crippen LogP contribution in [0.5, 0.6) is 5.75 Å². The highest BCUT2D eigenvalue weighted by molar-refractivity contribution is 6.04. The van der Waals surface area contributed by atoms with Gasteiger partial charge < -0.3 is 4.74 Å². The first-order chi connectivity index (χ1) is 10.6. The van der Waals surface area contributed by atoms with Gasteiger partial charge in [-0.1, -0.05) is 31.2 Å². The predicted molar refractivity (Wildman–Crippen MR) is 84.0 cm³/mol. The summed E-state index contributed by atoms with van der Waals surface area (Å²) < 4.78 is 5.88. The van der Waals surface area contributed by atoms with Crippen LogP contribution in [0.3, 0.4) is 0 Å². The molecule has 1 atom stereocenters. The summed E-state index contributed by atoms with van der Waals surface area (Å²) >= 11 is 0. The van der Waals surface area contributed by atoms with Crippen molar-refractivity contribution in [2.75, 3.05) is 0 Å². The summed E-state index contributed by atoms with van der Waals surface area (Å²) in [7, 11) is 0. The summed E-state index contributed by atoms with van der Waals surface area (Å²) in [4.78, 5) is 12.3. The van der Waals surface area contributed by atoms with Gasteiger partial charge in [0.2, 0.25) is 0 Å². The molecule has 2 aromatic carbocycles. The molecule has 0 radical (unpaired) electrons. The van der Waals surface area contributed by atoms with E-state index in [0.717, 1.165) is 22.3 Å². The number of carbonyl (C=O) groups excluding carboxylic acids is 1. The summed E-state index contributed by atoms with van der Waals surface area (Å²) in [5.74, 6) is 1.02. The zero-order valence-electron chi connectivity index (χ0n) is 12.7. The van der Waals surface area contributed by atoms with Crippen molar-refractivity contribution in [2.45, 2.75) is 32.8 Å². The van der Waals surface area contributed by atoms with Crippen molar-refractivity contribution in [3.63, 3.8) is 0 Å². The Hall–Kier alpha value is -2.60. The third kappa shape index (κ3) is 2.37. The van der Waals surface area contributed by atoms with E-state index < -0.39 is 0 Å². The Kier molecular flexibility index (Phi) is 3.68. The van der Waals surface area contributed by atoms with Gasteiger partial charge in [0.05, 0.1) is 17.2 Å². The first kappa shape index (κ1) is 14.3. The lowest BCUT2D eigenvalue weighted by molar-refractivity contribution is 0.0986. The van der Waals surface area contributed by atoms with Gasteiger partial charge in [0.1, 0.15) is 12.4 Å². The Morgan fingerprint density at radius 1 is 1.27 bits per heavy atom. The SMILES string of the molecule is Cc1ccc(OCc2ccccc2C#N)c2c1C(C)CC2=O. The lowest BCUT2D eigenvalue weighted by Crippen LogP contribution is -2.03. The zero-order valence-corrected chi connectivity index (χ0v) is 12.7. The second kappa shape index (κ2) is 5.65. The molecular formula is C19H17NO2. The minimum absolute atomic E-state index is 0.148. The molecule has 1 unspecified atom stereocenters. The minimum atomic E-state index is 0.148.